The molecule has 3 aromatic carbocycles. The summed E-state index contributed by atoms with van der Waals surface area (Å²) >= 11 is 2.21. The summed E-state index contributed by atoms with van der Waals surface area (Å²) in [5.41, 5.74) is 2.65. The number of rotatable bonds is 3. The lowest BCUT2D eigenvalue weighted by atomic mass is 9.56. The second kappa shape index (κ2) is 6.14. The van der Waals surface area contributed by atoms with Crippen LogP contribution in [0.15, 0.2) is 71.6 Å². The lowest BCUT2D eigenvalue weighted by molar-refractivity contribution is 0.0383. The maximum Gasteiger partial charge on any atom is 0.0215 e. The molecule has 3 aromatic rings. The predicted molar refractivity (Wildman–Crippen MR) is 116 cm³/mol. The second-order valence-electron chi connectivity index (χ2n) is 9.29. The zero-order valence-corrected chi connectivity index (χ0v) is 16.6. The Kier molecular flexibility index (Phi) is 3.69. The van der Waals surface area contributed by atoms with Crippen molar-refractivity contribution in [2.24, 2.45) is 17.8 Å². The maximum absolute atomic E-state index is 2.37. The fraction of sp³-hybridized carbons (Fsp3) is 0.385. The minimum atomic E-state index is 0.555. The fourth-order valence-corrected chi connectivity index (χ4v) is 8.22. The van der Waals surface area contributed by atoms with Gasteiger partial charge in [-0.1, -0.05) is 48.5 Å². The van der Waals surface area contributed by atoms with E-state index in [4.69, 9.17) is 0 Å². The largest absolute Gasteiger partial charge is 0.119 e. The number of hydrogen-bond donors (Lipinski definition) is 0. The SMILES string of the molecule is c1ccc2cc(-c3ccc(SC45CC6CC(CC(C6)C4)C5)cc3)ccc2c1. The molecule has 4 saturated carbocycles. The summed E-state index contributed by atoms with van der Waals surface area (Å²) in [6.45, 7) is 0. The summed E-state index contributed by atoms with van der Waals surface area (Å²) in [5, 5.41) is 2.64. The van der Waals surface area contributed by atoms with Crippen LogP contribution in [0.3, 0.4) is 0 Å². The molecule has 0 aromatic heterocycles. The summed E-state index contributed by atoms with van der Waals surface area (Å²) in [7, 11) is 0. The monoisotopic (exact) mass is 370 g/mol. The summed E-state index contributed by atoms with van der Waals surface area (Å²) in [5.74, 6) is 3.09. The minimum Gasteiger partial charge on any atom is -0.119 e. The van der Waals surface area contributed by atoms with E-state index in [0.29, 0.717) is 4.75 Å². The van der Waals surface area contributed by atoms with E-state index in [1.54, 1.807) is 0 Å². The molecule has 0 aliphatic heterocycles. The molecule has 0 atom stereocenters. The van der Waals surface area contributed by atoms with E-state index in [0.717, 1.165) is 17.8 Å². The third-order valence-electron chi connectivity index (χ3n) is 7.25. The normalized spacial score (nSPS) is 31.5. The van der Waals surface area contributed by atoms with Gasteiger partial charge >= 0.3 is 0 Å². The highest BCUT2D eigenvalue weighted by molar-refractivity contribution is 8.00. The molecule has 0 nitrogen and oxygen atoms in total. The van der Waals surface area contributed by atoms with Gasteiger partial charge in [0.15, 0.2) is 0 Å². The third kappa shape index (κ3) is 2.91. The van der Waals surface area contributed by atoms with Crippen molar-refractivity contribution in [1.82, 2.24) is 0 Å². The van der Waals surface area contributed by atoms with Gasteiger partial charge in [-0.3, -0.25) is 0 Å². The zero-order chi connectivity index (χ0) is 17.8. The Hall–Kier alpha value is -1.73. The van der Waals surface area contributed by atoms with Crippen LogP contribution in [0.25, 0.3) is 21.9 Å². The lowest BCUT2D eigenvalue weighted by Crippen LogP contribution is -2.48. The van der Waals surface area contributed by atoms with Crippen LogP contribution in [-0.2, 0) is 0 Å². The molecule has 27 heavy (non-hydrogen) atoms. The molecule has 1 heteroatoms. The molecule has 0 spiro atoms. The molecule has 0 saturated heterocycles. The summed E-state index contributed by atoms with van der Waals surface area (Å²) in [6.07, 6.45) is 8.99. The first kappa shape index (κ1) is 16.2. The van der Waals surface area contributed by atoms with Crippen LogP contribution in [0, 0.1) is 17.8 Å². The van der Waals surface area contributed by atoms with Gasteiger partial charge in [-0.05, 0) is 96.4 Å². The van der Waals surface area contributed by atoms with Gasteiger partial charge < -0.3 is 0 Å². The van der Waals surface area contributed by atoms with Crippen LogP contribution in [0.1, 0.15) is 38.5 Å². The first-order chi connectivity index (χ1) is 13.2. The van der Waals surface area contributed by atoms with Crippen LogP contribution in [-0.4, -0.2) is 4.75 Å². The van der Waals surface area contributed by atoms with Crippen LogP contribution in [0.2, 0.25) is 0 Å². The van der Waals surface area contributed by atoms with Crippen molar-refractivity contribution in [3.63, 3.8) is 0 Å². The van der Waals surface area contributed by atoms with Crippen LogP contribution in [0.4, 0.5) is 0 Å². The van der Waals surface area contributed by atoms with Crippen molar-refractivity contribution in [1.29, 1.82) is 0 Å². The average molecular weight is 371 g/mol. The quantitative estimate of drug-likeness (QED) is 0.458. The molecule has 4 aliphatic rings. The van der Waals surface area contributed by atoms with Crippen molar-refractivity contribution in [2.75, 3.05) is 0 Å². The van der Waals surface area contributed by atoms with Gasteiger partial charge in [0.05, 0.1) is 0 Å². The van der Waals surface area contributed by atoms with Gasteiger partial charge in [-0.2, -0.15) is 0 Å². The van der Waals surface area contributed by atoms with Crippen LogP contribution in [0.5, 0.6) is 0 Å². The Labute approximate surface area is 166 Å². The molecular weight excluding hydrogens is 344 g/mol. The van der Waals surface area contributed by atoms with Crippen molar-refractivity contribution < 1.29 is 0 Å². The molecule has 136 valence electrons. The van der Waals surface area contributed by atoms with Gasteiger partial charge in [0.25, 0.3) is 0 Å². The van der Waals surface area contributed by atoms with E-state index in [9.17, 15) is 0 Å². The van der Waals surface area contributed by atoms with Gasteiger partial charge in [0, 0.05) is 9.64 Å². The van der Waals surface area contributed by atoms with Crippen molar-refractivity contribution in [2.45, 2.75) is 48.2 Å². The Bertz CT molecular complexity index is 949. The molecule has 0 heterocycles. The highest BCUT2D eigenvalue weighted by Crippen LogP contribution is 2.61. The summed E-state index contributed by atoms with van der Waals surface area (Å²) < 4.78 is 0.555. The topological polar surface area (TPSA) is 0 Å². The lowest BCUT2D eigenvalue weighted by Gasteiger charge is -2.56. The molecule has 0 N–H and O–H groups in total. The Morgan fingerprint density at radius 1 is 0.630 bits per heavy atom. The van der Waals surface area contributed by atoms with Gasteiger partial charge in [0.1, 0.15) is 0 Å². The van der Waals surface area contributed by atoms with Gasteiger partial charge in [-0.15, -0.1) is 11.8 Å². The number of thioether (sulfide) groups is 1. The molecule has 0 radical (unpaired) electrons. The van der Waals surface area contributed by atoms with E-state index in [2.05, 4.69) is 78.5 Å². The van der Waals surface area contributed by atoms with Crippen molar-refractivity contribution >= 4 is 22.5 Å². The number of benzene rings is 3. The Balaban J connectivity index is 1.25. The molecule has 0 unspecified atom stereocenters. The molecule has 4 bridgehead atoms. The van der Waals surface area contributed by atoms with E-state index in [1.165, 1.54) is 65.3 Å². The van der Waals surface area contributed by atoms with E-state index in [1.807, 2.05) is 0 Å². The molecule has 7 rings (SSSR count). The fourth-order valence-electron chi connectivity index (χ4n) is 6.49. The van der Waals surface area contributed by atoms with Gasteiger partial charge in [-0.25, -0.2) is 0 Å². The summed E-state index contributed by atoms with van der Waals surface area (Å²) in [6, 6.07) is 24.8. The zero-order valence-electron chi connectivity index (χ0n) is 15.7. The van der Waals surface area contributed by atoms with E-state index < -0.39 is 0 Å². The van der Waals surface area contributed by atoms with Crippen molar-refractivity contribution in [3.05, 3.63) is 66.7 Å². The van der Waals surface area contributed by atoms with Crippen LogP contribution >= 0.6 is 11.8 Å². The summed E-state index contributed by atoms with van der Waals surface area (Å²) in [4.78, 5) is 1.47. The highest BCUT2D eigenvalue weighted by atomic mass is 32.2. The Morgan fingerprint density at radius 2 is 1.22 bits per heavy atom. The third-order valence-corrected chi connectivity index (χ3v) is 8.69. The molecule has 4 fully saturated rings. The van der Waals surface area contributed by atoms with E-state index >= 15 is 0 Å². The Morgan fingerprint density at radius 3 is 1.89 bits per heavy atom. The van der Waals surface area contributed by atoms with Gasteiger partial charge in [0.2, 0.25) is 0 Å². The number of fused-ring (bicyclic) bond motifs is 1. The minimum absolute atomic E-state index is 0.555. The second-order valence-corrected chi connectivity index (χ2v) is 10.8. The highest BCUT2D eigenvalue weighted by Gasteiger charge is 2.51. The average Bonchev–Trinajstić information content (AvgIpc) is 2.67. The standard InChI is InChI=1S/C26H26S/c1-2-4-23-14-24(6-5-21(23)3-1)22-7-9-25(10-8-22)27-26-15-18-11-19(16-26)13-20(12-18)17-26/h1-10,14,18-20H,11-13,15-17H2. The maximum atomic E-state index is 2.37. The first-order valence-corrected chi connectivity index (χ1v) is 11.3. The first-order valence-electron chi connectivity index (χ1n) is 10.5. The molecular formula is C26H26S. The molecule has 4 aliphatic carbocycles. The smallest absolute Gasteiger partial charge is 0.0215 e. The van der Waals surface area contributed by atoms with Crippen LogP contribution < -0.4 is 0 Å². The van der Waals surface area contributed by atoms with Crippen molar-refractivity contribution in [3.8, 4) is 11.1 Å². The van der Waals surface area contributed by atoms with E-state index in [-0.39, 0.29) is 0 Å². The predicted octanol–water partition coefficient (Wildman–Crippen LogP) is 7.57. The number of hydrogen-bond acceptors (Lipinski definition) is 1. The molecule has 0 amide bonds.